The van der Waals surface area contributed by atoms with Crippen LogP contribution >= 0.6 is 0 Å². The summed E-state index contributed by atoms with van der Waals surface area (Å²) in [5.41, 5.74) is 0. The average Bonchev–Trinajstić information content (AvgIpc) is 2.77. The first kappa shape index (κ1) is 18.4. The largest absolute Gasteiger partial charge is 0.394 e. The molecular weight excluding hydrogens is 292 g/mol. The number of rotatable bonds is 8. The van der Waals surface area contributed by atoms with E-state index < -0.39 is 62.2 Å². The fraction of sp³-hybridized carbons (Fsp3) is 0.909. The quantitative estimate of drug-likeness (QED) is 0.215. The first-order chi connectivity index (χ1) is 9.87. The second kappa shape index (κ2) is 8.08. The van der Waals surface area contributed by atoms with Gasteiger partial charge in [-0.1, -0.05) is 0 Å². The van der Waals surface area contributed by atoms with Crippen molar-refractivity contribution in [3.63, 3.8) is 0 Å². The van der Waals surface area contributed by atoms with Crippen molar-refractivity contribution in [2.45, 2.75) is 49.0 Å². The number of aliphatic hydroxyl groups excluding tert-OH is 7. The van der Waals surface area contributed by atoms with Crippen LogP contribution in [-0.4, -0.2) is 104 Å². The SMILES string of the molecule is O=CC(OC1OC(CO)C(O)C1O)C(O)C(O)C(O)CO. The lowest BCUT2D eigenvalue weighted by atomic mass is 10.0. The minimum Gasteiger partial charge on any atom is -0.394 e. The number of carbonyl (C=O) groups is 1. The predicted molar refractivity (Wildman–Crippen MR) is 63.8 cm³/mol. The highest BCUT2D eigenvalue weighted by Gasteiger charge is 2.45. The molecule has 21 heavy (non-hydrogen) atoms. The first-order valence-electron chi connectivity index (χ1n) is 6.25. The number of aliphatic hydroxyl groups is 7. The molecule has 0 amide bonds. The maximum absolute atomic E-state index is 10.9. The summed E-state index contributed by atoms with van der Waals surface area (Å²) >= 11 is 0. The molecular formula is C11H20O10. The van der Waals surface area contributed by atoms with E-state index in [1.807, 2.05) is 0 Å². The van der Waals surface area contributed by atoms with Gasteiger partial charge in [-0.25, -0.2) is 0 Å². The van der Waals surface area contributed by atoms with Gasteiger partial charge in [0.25, 0.3) is 0 Å². The molecule has 0 saturated carbocycles. The Hall–Kier alpha value is -0.690. The van der Waals surface area contributed by atoms with Crippen LogP contribution in [0.1, 0.15) is 0 Å². The molecule has 1 heterocycles. The van der Waals surface area contributed by atoms with Gasteiger partial charge in [0.2, 0.25) is 0 Å². The minimum absolute atomic E-state index is 0.104. The van der Waals surface area contributed by atoms with Crippen molar-refractivity contribution in [2.24, 2.45) is 0 Å². The Balaban J connectivity index is 2.68. The highest BCUT2D eigenvalue weighted by atomic mass is 16.7. The standard InChI is InChI=1S/C11H20O10/c12-1-4(15)7(16)8(17)5(2-13)20-11-10(19)9(18)6(3-14)21-11/h2,4-12,14-19H,1,3H2. The fourth-order valence-corrected chi connectivity index (χ4v) is 1.86. The van der Waals surface area contributed by atoms with Gasteiger partial charge in [-0.3, -0.25) is 0 Å². The molecule has 0 bridgehead atoms. The summed E-state index contributed by atoms with van der Waals surface area (Å²) in [6.45, 7) is -1.45. The van der Waals surface area contributed by atoms with E-state index in [0.717, 1.165) is 0 Å². The van der Waals surface area contributed by atoms with Crippen LogP contribution < -0.4 is 0 Å². The van der Waals surface area contributed by atoms with E-state index in [-0.39, 0.29) is 6.29 Å². The third-order valence-electron chi connectivity index (χ3n) is 3.19. The molecule has 1 fully saturated rings. The number of hydrogen-bond acceptors (Lipinski definition) is 10. The number of aldehydes is 1. The minimum atomic E-state index is -1.90. The molecule has 1 rings (SSSR count). The fourth-order valence-electron chi connectivity index (χ4n) is 1.86. The molecule has 7 N–H and O–H groups in total. The lowest BCUT2D eigenvalue weighted by molar-refractivity contribution is -0.219. The Bertz CT molecular complexity index is 326. The summed E-state index contributed by atoms with van der Waals surface area (Å²) in [5.74, 6) is 0. The van der Waals surface area contributed by atoms with E-state index in [0.29, 0.717) is 0 Å². The van der Waals surface area contributed by atoms with E-state index in [4.69, 9.17) is 19.7 Å². The Kier molecular flexibility index (Phi) is 7.06. The lowest BCUT2D eigenvalue weighted by Gasteiger charge is -2.28. The molecule has 0 aliphatic carbocycles. The van der Waals surface area contributed by atoms with Gasteiger partial charge < -0.3 is 50.0 Å². The second-order valence-corrected chi connectivity index (χ2v) is 4.67. The molecule has 1 saturated heterocycles. The van der Waals surface area contributed by atoms with Gasteiger partial charge >= 0.3 is 0 Å². The molecule has 0 aromatic heterocycles. The number of carbonyl (C=O) groups excluding carboxylic acids is 1. The molecule has 8 atom stereocenters. The summed E-state index contributed by atoms with van der Waals surface area (Å²) in [6, 6.07) is 0. The lowest BCUT2D eigenvalue weighted by Crippen LogP contribution is -2.49. The van der Waals surface area contributed by atoms with Crippen molar-refractivity contribution in [1.29, 1.82) is 0 Å². The average molecular weight is 312 g/mol. The summed E-state index contributed by atoms with van der Waals surface area (Å²) in [6.07, 6.45) is -12.7. The maximum atomic E-state index is 10.9. The Morgan fingerprint density at radius 3 is 2.14 bits per heavy atom. The van der Waals surface area contributed by atoms with Crippen molar-refractivity contribution < 1.29 is 50.0 Å². The highest BCUT2D eigenvalue weighted by Crippen LogP contribution is 2.24. The molecule has 0 radical (unpaired) electrons. The van der Waals surface area contributed by atoms with E-state index in [1.54, 1.807) is 0 Å². The van der Waals surface area contributed by atoms with Gasteiger partial charge in [-0.15, -0.1) is 0 Å². The second-order valence-electron chi connectivity index (χ2n) is 4.67. The summed E-state index contributed by atoms with van der Waals surface area (Å²) in [7, 11) is 0. The third kappa shape index (κ3) is 4.16. The molecule has 0 aromatic carbocycles. The molecule has 124 valence electrons. The summed E-state index contributed by atoms with van der Waals surface area (Å²) in [4.78, 5) is 10.9. The highest BCUT2D eigenvalue weighted by molar-refractivity contribution is 5.57. The van der Waals surface area contributed by atoms with Crippen LogP contribution in [0.5, 0.6) is 0 Å². The van der Waals surface area contributed by atoms with Gasteiger partial charge in [-0.2, -0.15) is 0 Å². The van der Waals surface area contributed by atoms with Gasteiger partial charge in [0, 0.05) is 0 Å². The zero-order valence-corrected chi connectivity index (χ0v) is 11.0. The van der Waals surface area contributed by atoms with E-state index in [2.05, 4.69) is 0 Å². The molecule has 0 aromatic rings. The van der Waals surface area contributed by atoms with Crippen LogP contribution in [0, 0.1) is 0 Å². The maximum Gasteiger partial charge on any atom is 0.187 e. The van der Waals surface area contributed by atoms with E-state index in [9.17, 15) is 30.3 Å². The Labute approximate surface area is 119 Å². The van der Waals surface area contributed by atoms with E-state index in [1.165, 1.54) is 0 Å². The monoisotopic (exact) mass is 312 g/mol. The topological polar surface area (TPSA) is 177 Å². The molecule has 1 aliphatic rings. The molecule has 10 nitrogen and oxygen atoms in total. The van der Waals surface area contributed by atoms with Crippen LogP contribution in [0.15, 0.2) is 0 Å². The van der Waals surface area contributed by atoms with Crippen LogP contribution in [0.2, 0.25) is 0 Å². The molecule has 8 unspecified atom stereocenters. The Morgan fingerprint density at radius 2 is 1.71 bits per heavy atom. The number of ether oxygens (including phenoxy) is 2. The molecule has 1 aliphatic heterocycles. The zero-order chi connectivity index (χ0) is 16.2. The molecule has 10 heteroatoms. The van der Waals surface area contributed by atoms with Crippen molar-refractivity contribution in [3.8, 4) is 0 Å². The first-order valence-corrected chi connectivity index (χ1v) is 6.25. The van der Waals surface area contributed by atoms with Crippen LogP contribution in [0.3, 0.4) is 0 Å². The van der Waals surface area contributed by atoms with Gasteiger partial charge in [0.05, 0.1) is 13.2 Å². The third-order valence-corrected chi connectivity index (χ3v) is 3.19. The summed E-state index contributed by atoms with van der Waals surface area (Å²) in [5, 5.41) is 65.0. The predicted octanol–water partition coefficient (Wildman–Crippen LogP) is -4.92. The normalized spacial score (nSPS) is 35.2. The van der Waals surface area contributed by atoms with E-state index >= 15 is 0 Å². The molecule has 0 spiro atoms. The van der Waals surface area contributed by atoms with Crippen molar-refractivity contribution in [3.05, 3.63) is 0 Å². The van der Waals surface area contributed by atoms with Crippen LogP contribution in [0.25, 0.3) is 0 Å². The van der Waals surface area contributed by atoms with Gasteiger partial charge in [0.1, 0.15) is 42.7 Å². The van der Waals surface area contributed by atoms with Crippen molar-refractivity contribution in [2.75, 3.05) is 13.2 Å². The zero-order valence-electron chi connectivity index (χ0n) is 11.0. The van der Waals surface area contributed by atoms with Gasteiger partial charge in [0.15, 0.2) is 12.6 Å². The van der Waals surface area contributed by atoms with Gasteiger partial charge in [-0.05, 0) is 0 Å². The van der Waals surface area contributed by atoms with Crippen molar-refractivity contribution >= 4 is 6.29 Å². The smallest absolute Gasteiger partial charge is 0.187 e. The summed E-state index contributed by atoms with van der Waals surface area (Å²) < 4.78 is 9.89. The van der Waals surface area contributed by atoms with Crippen LogP contribution in [0.4, 0.5) is 0 Å². The Morgan fingerprint density at radius 1 is 1.10 bits per heavy atom. The van der Waals surface area contributed by atoms with Crippen molar-refractivity contribution in [1.82, 2.24) is 0 Å². The number of hydrogen-bond donors (Lipinski definition) is 7. The van der Waals surface area contributed by atoms with Crippen LogP contribution in [-0.2, 0) is 14.3 Å².